The fourth-order valence-corrected chi connectivity index (χ4v) is 1.79. The Labute approximate surface area is 88.1 Å². The van der Waals surface area contributed by atoms with Crippen LogP contribution in [0.1, 0.15) is 19.2 Å². The minimum Gasteiger partial charge on any atom is -0.334 e. The lowest BCUT2D eigenvalue weighted by molar-refractivity contribution is -0.128. The molecular formula is C9H15N5O. The molecule has 1 aliphatic rings. The van der Waals surface area contributed by atoms with Crippen LogP contribution >= 0.6 is 0 Å². The van der Waals surface area contributed by atoms with Crippen LogP contribution in [0.5, 0.6) is 0 Å². The molecule has 0 radical (unpaired) electrons. The van der Waals surface area contributed by atoms with Crippen molar-refractivity contribution in [2.24, 2.45) is 5.73 Å². The van der Waals surface area contributed by atoms with Gasteiger partial charge in [0.15, 0.2) is 5.82 Å². The highest BCUT2D eigenvalue weighted by atomic mass is 16.2. The van der Waals surface area contributed by atoms with Crippen LogP contribution in [0.15, 0.2) is 6.33 Å². The van der Waals surface area contributed by atoms with Crippen LogP contribution in [0.2, 0.25) is 0 Å². The Bertz CT molecular complexity index is 361. The standard InChI is InChI=1S/C9H15N5O/c1-2-13-6-11-12-8(13)5-14-4-7(10)3-9(14)15/h6-7H,2-5,10H2,1H3. The van der Waals surface area contributed by atoms with Gasteiger partial charge in [0, 0.05) is 25.6 Å². The number of carbonyl (C=O) groups is 1. The molecule has 2 N–H and O–H groups in total. The smallest absolute Gasteiger partial charge is 0.224 e. The SMILES string of the molecule is CCn1cnnc1CN1CC(N)CC1=O. The molecule has 2 heterocycles. The molecule has 0 aromatic carbocycles. The van der Waals surface area contributed by atoms with Gasteiger partial charge in [0.25, 0.3) is 0 Å². The van der Waals surface area contributed by atoms with E-state index in [2.05, 4.69) is 10.2 Å². The molecule has 1 fully saturated rings. The maximum Gasteiger partial charge on any atom is 0.224 e. The fourth-order valence-electron chi connectivity index (χ4n) is 1.79. The third-order valence-electron chi connectivity index (χ3n) is 2.61. The summed E-state index contributed by atoms with van der Waals surface area (Å²) in [6, 6.07) is -0.0319. The molecule has 6 nitrogen and oxygen atoms in total. The van der Waals surface area contributed by atoms with Crippen LogP contribution in [0.25, 0.3) is 0 Å². The van der Waals surface area contributed by atoms with E-state index in [-0.39, 0.29) is 11.9 Å². The van der Waals surface area contributed by atoms with Gasteiger partial charge in [-0.1, -0.05) is 0 Å². The molecule has 0 aliphatic carbocycles. The first-order valence-electron chi connectivity index (χ1n) is 5.10. The second-order valence-electron chi connectivity index (χ2n) is 3.77. The van der Waals surface area contributed by atoms with Gasteiger partial charge in [-0.05, 0) is 6.92 Å². The van der Waals surface area contributed by atoms with E-state index in [1.807, 2.05) is 11.5 Å². The Morgan fingerprint density at radius 2 is 2.47 bits per heavy atom. The lowest BCUT2D eigenvalue weighted by atomic mass is 10.3. The number of hydrogen-bond donors (Lipinski definition) is 1. The van der Waals surface area contributed by atoms with Gasteiger partial charge in [0.2, 0.25) is 5.91 Å². The van der Waals surface area contributed by atoms with Gasteiger partial charge in [-0.25, -0.2) is 0 Å². The fraction of sp³-hybridized carbons (Fsp3) is 0.667. The Kier molecular flexibility index (Phi) is 2.68. The molecular weight excluding hydrogens is 194 g/mol. The molecule has 1 unspecified atom stereocenters. The van der Waals surface area contributed by atoms with E-state index in [1.54, 1.807) is 11.2 Å². The van der Waals surface area contributed by atoms with Crippen molar-refractivity contribution in [3.05, 3.63) is 12.2 Å². The number of likely N-dealkylation sites (tertiary alicyclic amines) is 1. The summed E-state index contributed by atoms with van der Waals surface area (Å²) in [6.07, 6.45) is 2.12. The van der Waals surface area contributed by atoms with Gasteiger partial charge in [-0.3, -0.25) is 4.79 Å². The molecule has 1 aromatic heterocycles. The Hall–Kier alpha value is -1.43. The van der Waals surface area contributed by atoms with E-state index in [4.69, 9.17) is 5.73 Å². The van der Waals surface area contributed by atoms with Crippen LogP contribution in [0.3, 0.4) is 0 Å². The number of nitrogens with two attached hydrogens (primary N) is 1. The van der Waals surface area contributed by atoms with Gasteiger partial charge >= 0.3 is 0 Å². The Balaban J connectivity index is 2.06. The molecule has 0 bridgehead atoms. The molecule has 15 heavy (non-hydrogen) atoms. The highest BCUT2D eigenvalue weighted by Gasteiger charge is 2.27. The molecule has 2 rings (SSSR count). The molecule has 1 saturated heterocycles. The predicted octanol–water partition coefficient (Wildman–Crippen LogP) is -0.642. The molecule has 1 aliphatic heterocycles. The summed E-state index contributed by atoms with van der Waals surface area (Å²) >= 11 is 0. The first-order chi connectivity index (χ1) is 7.20. The summed E-state index contributed by atoms with van der Waals surface area (Å²) in [6.45, 7) is 3.97. The predicted molar refractivity (Wildman–Crippen MR) is 53.7 cm³/mol. The molecule has 1 aromatic rings. The first-order valence-corrected chi connectivity index (χ1v) is 5.10. The number of rotatable bonds is 3. The molecule has 0 spiro atoms. The van der Waals surface area contributed by atoms with Gasteiger partial charge in [-0.15, -0.1) is 10.2 Å². The number of hydrogen-bond acceptors (Lipinski definition) is 4. The van der Waals surface area contributed by atoms with Crippen LogP contribution in [0.4, 0.5) is 0 Å². The topological polar surface area (TPSA) is 77.0 Å². The van der Waals surface area contributed by atoms with Gasteiger partial charge in [0.05, 0.1) is 6.54 Å². The van der Waals surface area contributed by atoms with Crippen molar-refractivity contribution in [1.82, 2.24) is 19.7 Å². The van der Waals surface area contributed by atoms with E-state index in [9.17, 15) is 4.79 Å². The summed E-state index contributed by atoms with van der Waals surface area (Å²) in [4.78, 5) is 13.2. The van der Waals surface area contributed by atoms with E-state index in [0.717, 1.165) is 12.4 Å². The van der Waals surface area contributed by atoms with Crippen molar-refractivity contribution < 1.29 is 4.79 Å². The third-order valence-corrected chi connectivity index (χ3v) is 2.61. The van der Waals surface area contributed by atoms with E-state index in [1.165, 1.54) is 0 Å². The average molecular weight is 209 g/mol. The Morgan fingerprint density at radius 1 is 1.67 bits per heavy atom. The monoisotopic (exact) mass is 209 g/mol. The molecule has 0 saturated carbocycles. The van der Waals surface area contributed by atoms with Gasteiger partial charge in [0.1, 0.15) is 6.33 Å². The largest absolute Gasteiger partial charge is 0.334 e. The van der Waals surface area contributed by atoms with E-state index in [0.29, 0.717) is 19.5 Å². The lowest BCUT2D eigenvalue weighted by Gasteiger charge is -2.15. The Morgan fingerprint density at radius 3 is 3.07 bits per heavy atom. The number of aryl methyl sites for hydroxylation is 1. The number of nitrogens with zero attached hydrogens (tertiary/aromatic N) is 4. The van der Waals surface area contributed by atoms with Crippen molar-refractivity contribution in [3.63, 3.8) is 0 Å². The van der Waals surface area contributed by atoms with Crippen LogP contribution in [0, 0.1) is 0 Å². The second kappa shape index (κ2) is 3.98. The quantitative estimate of drug-likeness (QED) is 0.718. The summed E-state index contributed by atoms with van der Waals surface area (Å²) in [5.41, 5.74) is 5.71. The zero-order valence-electron chi connectivity index (χ0n) is 8.76. The van der Waals surface area contributed by atoms with E-state index >= 15 is 0 Å². The summed E-state index contributed by atoms with van der Waals surface area (Å²) in [5.74, 6) is 0.924. The third kappa shape index (κ3) is 1.99. The van der Waals surface area contributed by atoms with Crippen LogP contribution in [-0.2, 0) is 17.9 Å². The van der Waals surface area contributed by atoms with Crippen molar-refractivity contribution in [3.8, 4) is 0 Å². The number of amides is 1. The second-order valence-corrected chi connectivity index (χ2v) is 3.77. The molecule has 6 heteroatoms. The van der Waals surface area contributed by atoms with Crippen LogP contribution < -0.4 is 5.73 Å². The maximum atomic E-state index is 11.5. The zero-order valence-corrected chi connectivity index (χ0v) is 8.76. The summed E-state index contributed by atoms with van der Waals surface area (Å²) < 4.78 is 1.93. The van der Waals surface area contributed by atoms with Crippen LogP contribution in [-0.4, -0.2) is 38.2 Å². The first kappa shape index (κ1) is 10.1. The highest BCUT2D eigenvalue weighted by Crippen LogP contribution is 2.12. The highest BCUT2D eigenvalue weighted by molar-refractivity contribution is 5.79. The van der Waals surface area contributed by atoms with E-state index < -0.39 is 0 Å². The minimum atomic E-state index is -0.0319. The van der Waals surface area contributed by atoms with Crippen molar-refractivity contribution in [1.29, 1.82) is 0 Å². The average Bonchev–Trinajstić information content (AvgIpc) is 2.74. The van der Waals surface area contributed by atoms with Crippen molar-refractivity contribution >= 4 is 5.91 Å². The van der Waals surface area contributed by atoms with Gasteiger partial charge < -0.3 is 15.2 Å². The lowest BCUT2D eigenvalue weighted by Crippen LogP contribution is -2.29. The number of aromatic nitrogens is 3. The van der Waals surface area contributed by atoms with Crippen molar-refractivity contribution in [2.75, 3.05) is 6.54 Å². The van der Waals surface area contributed by atoms with Gasteiger partial charge in [-0.2, -0.15) is 0 Å². The zero-order chi connectivity index (χ0) is 10.8. The molecule has 1 atom stereocenters. The summed E-state index contributed by atoms with van der Waals surface area (Å²) in [5, 5.41) is 7.81. The minimum absolute atomic E-state index is 0.0319. The molecule has 1 amide bonds. The normalized spacial score (nSPS) is 21.3. The maximum absolute atomic E-state index is 11.5. The molecule has 82 valence electrons. The summed E-state index contributed by atoms with van der Waals surface area (Å²) in [7, 11) is 0. The number of carbonyl (C=O) groups excluding carboxylic acids is 1. The van der Waals surface area contributed by atoms with Crippen molar-refractivity contribution in [2.45, 2.75) is 32.5 Å².